The second kappa shape index (κ2) is 12.1. The van der Waals surface area contributed by atoms with Gasteiger partial charge in [-0.05, 0) is 32.1 Å². The number of carbonyl (C=O) groups is 1. The van der Waals surface area contributed by atoms with Crippen LogP contribution in [-0.2, 0) is 4.79 Å². The summed E-state index contributed by atoms with van der Waals surface area (Å²) in [5.41, 5.74) is 0. The minimum atomic E-state index is -3.35. The Labute approximate surface area is 139 Å². The van der Waals surface area contributed by atoms with E-state index >= 15 is 0 Å². The van der Waals surface area contributed by atoms with E-state index in [9.17, 15) is 35.1 Å². The van der Waals surface area contributed by atoms with Crippen molar-refractivity contribution in [2.75, 3.05) is 0 Å². The summed E-state index contributed by atoms with van der Waals surface area (Å²) in [6.07, 6.45) is 10.5. The van der Waals surface area contributed by atoms with Crippen LogP contribution in [0.15, 0.2) is 12.2 Å². The first-order chi connectivity index (χ1) is 11.4. The standard InChI is InChI=1S/C14H23N3O7/c18-13-11-9-7-5-3-1-2-4-6-8-10-12-14(15(19)20,16(21)22)17(23)24/h4,6,13H,1-3,5,7-12H2/b6-4-. The molecule has 0 aromatic rings. The molecule has 24 heavy (non-hydrogen) atoms. The molecule has 0 saturated carbocycles. The van der Waals surface area contributed by atoms with Crippen molar-refractivity contribution in [2.24, 2.45) is 0 Å². The Morgan fingerprint density at radius 3 is 1.54 bits per heavy atom. The van der Waals surface area contributed by atoms with Crippen molar-refractivity contribution in [3.05, 3.63) is 42.5 Å². The summed E-state index contributed by atoms with van der Waals surface area (Å²) < 4.78 is 0. The van der Waals surface area contributed by atoms with E-state index in [4.69, 9.17) is 0 Å². The molecule has 0 saturated heterocycles. The molecule has 0 aliphatic rings. The van der Waals surface area contributed by atoms with Gasteiger partial charge in [0.1, 0.15) is 6.29 Å². The van der Waals surface area contributed by atoms with Crippen LogP contribution >= 0.6 is 0 Å². The molecule has 0 bridgehead atoms. The molecule has 0 aromatic heterocycles. The topological polar surface area (TPSA) is 146 Å². The lowest BCUT2D eigenvalue weighted by molar-refractivity contribution is -0.970. The molecule has 0 N–H and O–H groups in total. The average Bonchev–Trinajstić information content (AvgIpc) is 2.51. The highest BCUT2D eigenvalue weighted by Crippen LogP contribution is 2.20. The summed E-state index contributed by atoms with van der Waals surface area (Å²) in [6, 6.07) is 0. The number of allylic oxidation sites excluding steroid dienone is 2. The molecule has 0 spiro atoms. The van der Waals surface area contributed by atoms with E-state index in [2.05, 4.69) is 0 Å². The van der Waals surface area contributed by atoms with Gasteiger partial charge in [-0.3, -0.25) is 30.3 Å². The van der Waals surface area contributed by atoms with Gasteiger partial charge in [-0.1, -0.05) is 31.4 Å². The Bertz CT molecular complexity index is 429. The van der Waals surface area contributed by atoms with Gasteiger partial charge in [0, 0.05) is 6.42 Å². The molecule has 0 heterocycles. The van der Waals surface area contributed by atoms with Crippen LogP contribution in [0.1, 0.15) is 64.2 Å². The van der Waals surface area contributed by atoms with E-state index in [1.807, 2.05) is 6.08 Å². The summed E-state index contributed by atoms with van der Waals surface area (Å²) in [5.74, 6) is -3.35. The Balaban J connectivity index is 3.98. The highest BCUT2D eigenvalue weighted by Gasteiger charge is 2.69. The summed E-state index contributed by atoms with van der Waals surface area (Å²) in [7, 11) is 0. The number of rotatable bonds is 15. The molecule has 10 heteroatoms. The largest absolute Gasteiger partial charge is 0.699 e. The third-order valence-electron chi connectivity index (χ3n) is 3.62. The van der Waals surface area contributed by atoms with E-state index < -0.39 is 27.0 Å². The van der Waals surface area contributed by atoms with Gasteiger partial charge < -0.3 is 4.79 Å². The first-order valence-electron chi connectivity index (χ1n) is 7.91. The van der Waals surface area contributed by atoms with Gasteiger partial charge in [0.2, 0.25) is 0 Å². The van der Waals surface area contributed by atoms with E-state index in [1.165, 1.54) is 0 Å². The number of nitrogens with zero attached hydrogens (tertiary/aromatic N) is 3. The summed E-state index contributed by atoms with van der Waals surface area (Å²) in [4.78, 5) is 38.0. The molecule has 0 radical (unpaired) electrons. The summed E-state index contributed by atoms with van der Waals surface area (Å²) in [5, 5.41) is 32.2. The fraction of sp³-hybridized carbons (Fsp3) is 0.786. The molecule has 0 amide bonds. The monoisotopic (exact) mass is 345 g/mol. The normalized spacial score (nSPS) is 11.5. The number of unbranched alkanes of at least 4 members (excludes halogenated alkanes) is 7. The molecule has 0 fully saturated rings. The van der Waals surface area contributed by atoms with E-state index in [-0.39, 0.29) is 6.42 Å². The maximum Gasteiger partial charge on any atom is 0.699 e. The Morgan fingerprint density at radius 1 is 0.667 bits per heavy atom. The first kappa shape index (κ1) is 21.6. The first-order valence-corrected chi connectivity index (χ1v) is 7.91. The molecule has 0 unspecified atom stereocenters. The quantitative estimate of drug-likeness (QED) is 0.111. The van der Waals surface area contributed by atoms with Crippen molar-refractivity contribution < 1.29 is 19.6 Å². The SMILES string of the molecule is O=CCCCCCCC/C=C\CCCC([N+](=O)[O-])([N+](=O)[O-])[N+](=O)[O-]. The number of hydrogen-bond donors (Lipinski definition) is 0. The number of nitro groups is 3. The zero-order chi connectivity index (χ0) is 18.4. The maximum atomic E-state index is 10.7. The zero-order valence-electron chi connectivity index (χ0n) is 13.5. The average molecular weight is 345 g/mol. The van der Waals surface area contributed by atoms with Crippen molar-refractivity contribution in [1.82, 2.24) is 0 Å². The van der Waals surface area contributed by atoms with Gasteiger partial charge in [0.05, 0.1) is 0 Å². The van der Waals surface area contributed by atoms with E-state index in [1.54, 1.807) is 6.08 Å². The van der Waals surface area contributed by atoms with Crippen molar-refractivity contribution >= 4 is 6.29 Å². The molecular weight excluding hydrogens is 322 g/mol. The van der Waals surface area contributed by atoms with Gasteiger partial charge >= 0.3 is 5.79 Å². The van der Waals surface area contributed by atoms with Crippen LogP contribution in [0.4, 0.5) is 0 Å². The number of hydrogen-bond acceptors (Lipinski definition) is 7. The minimum Gasteiger partial charge on any atom is -0.303 e. The summed E-state index contributed by atoms with van der Waals surface area (Å²) >= 11 is 0. The molecular formula is C14H23N3O7. The van der Waals surface area contributed by atoms with Crippen LogP contribution in [0.2, 0.25) is 0 Å². The zero-order valence-corrected chi connectivity index (χ0v) is 13.5. The van der Waals surface area contributed by atoms with E-state index in [0.717, 1.165) is 44.8 Å². The van der Waals surface area contributed by atoms with Crippen molar-refractivity contribution in [3.8, 4) is 0 Å². The van der Waals surface area contributed by atoms with Gasteiger partial charge in [0.25, 0.3) is 0 Å². The number of aldehydes is 1. The highest BCUT2D eigenvalue weighted by molar-refractivity contribution is 5.48. The van der Waals surface area contributed by atoms with Gasteiger partial charge in [-0.25, -0.2) is 0 Å². The smallest absolute Gasteiger partial charge is 0.303 e. The van der Waals surface area contributed by atoms with Crippen LogP contribution in [0.25, 0.3) is 0 Å². The fourth-order valence-corrected chi connectivity index (χ4v) is 2.19. The minimum absolute atomic E-state index is 0.00879. The predicted molar refractivity (Wildman–Crippen MR) is 85.1 cm³/mol. The fourth-order valence-electron chi connectivity index (χ4n) is 2.19. The van der Waals surface area contributed by atoms with Gasteiger partial charge in [-0.15, -0.1) is 0 Å². The lowest BCUT2D eigenvalue weighted by Gasteiger charge is -2.07. The van der Waals surface area contributed by atoms with Gasteiger partial charge in [0.15, 0.2) is 21.2 Å². The summed E-state index contributed by atoms with van der Waals surface area (Å²) in [6.45, 7) is 0. The van der Waals surface area contributed by atoms with Crippen molar-refractivity contribution in [1.29, 1.82) is 0 Å². The lowest BCUT2D eigenvalue weighted by atomic mass is 10.1. The third-order valence-corrected chi connectivity index (χ3v) is 3.62. The van der Waals surface area contributed by atoms with Crippen molar-refractivity contribution in [3.63, 3.8) is 0 Å². The van der Waals surface area contributed by atoms with Crippen molar-refractivity contribution in [2.45, 2.75) is 70.0 Å². The molecule has 0 atom stereocenters. The second-order valence-corrected chi connectivity index (χ2v) is 5.42. The molecule has 0 aromatic carbocycles. The maximum absolute atomic E-state index is 10.7. The van der Waals surface area contributed by atoms with Crippen LogP contribution < -0.4 is 0 Å². The molecule has 136 valence electrons. The van der Waals surface area contributed by atoms with Crippen LogP contribution in [0, 0.1) is 30.3 Å². The molecule has 0 aliphatic heterocycles. The van der Waals surface area contributed by atoms with Crippen LogP contribution in [-0.4, -0.2) is 26.8 Å². The second-order valence-electron chi connectivity index (χ2n) is 5.42. The molecule has 10 nitrogen and oxygen atoms in total. The predicted octanol–water partition coefficient (Wildman–Crippen LogP) is 3.13. The Hall–Kier alpha value is -2.39. The van der Waals surface area contributed by atoms with E-state index in [0.29, 0.717) is 12.8 Å². The lowest BCUT2D eigenvalue weighted by Crippen LogP contribution is -2.53. The number of carbonyl (C=O) groups excluding carboxylic acids is 1. The highest BCUT2D eigenvalue weighted by atomic mass is 16.7. The molecule has 0 rings (SSSR count). The molecule has 0 aliphatic carbocycles. The van der Waals surface area contributed by atoms with Crippen LogP contribution in [0.5, 0.6) is 0 Å². The Kier molecular flexibility index (Phi) is 10.9. The van der Waals surface area contributed by atoms with Crippen LogP contribution in [0.3, 0.4) is 0 Å². The third kappa shape index (κ3) is 7.25. The Morgan fingerprint density at radius 2 is 1.08 bits per heavy atom. The van der Waals surface area contributed by atoms with Gasteiger partial charge in [-0.2, -0.15) is 0 Å².